The van der Waals surface area contributed by atoms with Gasteiger partial charge in [-0.25, -0.2) is 0 Å². The zero-order chi connectivity index (χ0) is 15.7. The third kappa shape index (κ3) is 8.53. The van der Waals surface area contributed by atoms with Gasteiger partial charge in [0.2, 0.25) is 0 Å². The van der Waals surface area contributed by atoms with Gasteiger partial charge < -0.3 is 20.3 Å². The van der Waals surface area contributed by atoms with Gasteiger partial charge in [-0.3, -0.25) is 4.99 Å². The van der Waals surface area contributed by atoms with Gasteiger partial charge in [0.15, 0.2) is 5.96 Å². The van der Waals surface area contributed by atoms with Crippen LogP contribution in [0.25, 0.3) is 0 Å². The first-order valence-corrected chi connectivity index (χ1v) is 8.22. The first-order valence-electron chi connectivity index (χ1n) is 8.22. The highest BCUT2D eigenvalue weighted by atomic mass is 127. The second-order valence-electron chi connectivity index (χ2n) is 6.55. The van der Waals surface area contributed by atoms with Crippen LogP contribution in [0.3, 0.4) is 0 Å². The first-order chi connectivity index (χ1) is 9.98. The van der Waals surface area contributed by atoms with Crippen molar-refractivity contribution in [1.29, 1.82) is 0 Å². The number of hydrogen-bond donors (Lipinski definition) is 2. The van der Waals surface area contributed by atoms with Crippen molar-refractivity contribution in [2.75, 3.05) is 40.3 Å². The fourth-order valence-electron chi connectivity index (χ4n) is 2.57. The summed E-state index contributed by atoms with van der Waals surface area (Å²) in [6, 6.07) is 0.749. The van der Waals surface area contributed by atoms with Crippen LogP contribution in [0.4, 0.5) is 0 Å². The van der Waals surface area contributed by atoms with Crippen LogP contribution in [0.2, 0.25) is 0 Å². The fourth-order valence-corrected chi connectivity index (χ4v) is 2.57. The molecule has 2 N–H and O–H groups in total. The number of nitrogens with zero attached hydrogens (tertiary/aromatic N) is 2. The number of piperidine rings is 1. The third-order valence-corrected chi connectivity index (χ3v) is 4.31. The molecule has 1 rings (SSSR count). The van der Waals surface area contributed by atoms with Gasteiger partial charge in [-0.15, -0.1) is 24.0 Å². The van der Waals surface area contributed by atoms with E-state index in [0.29, 0.717) is 0 Å². The van der Waals surface area contributed by atoms with Crippen LogP contribution in [0.15, 0.2) is 4.99 Å². The van der Waals surface area contributed by atoms with E-state index < -0.39 is 0 Å². The van der Waals surface area contributed by atoms with E-state index in [2.05, 4.69) is 41.3 Å². The van der Waals surface area contributed by atoms with E-state index in [1.54, 1.807) is 7.11 Å². The molecular weight excluding hydrogens is 391 g/mol. The highest BCUT2D eigenvalue weighted by Crippen LogP contribution is 2.15. The Hall–Kier alpha value is -0.0800. The Morgan fingerprint density at radius 3 is 2.64 bits per heavy atom. The SMILES string of the molecule is CN=C(NCCCN1CCCCC1C)NCC(C)(C)OC.I. The van der Waals surface area contributed by atoms with E-state index in [1.807, 2.05) is 7.05 Å². The molecule has 1 aliphatic rings. The zero-order valence-corrected chi connectivity index (χ0v) is 17.3. The van der Waals surface area contributed by atoms with Gasteiger partial charge in [-0.1, -0.05) is 6.42 Å². The van der Waals surface area contributed by atoms with E-state index in [-0.39, 0.29) is 29.6 Å². The third-order valence-electron chi connectivity index (χ3n) is 4.31. The standard InChI is InChI=1S/C16H34N4O.HI/c1-14-9-6-7-11-20(14)12-8-10-18-15(17-4)19-13-16(2,3)21-5;/h14H,6-13H2,1-5H3,(H2,17,18,19);1H. The van der Waals surface area contributed by atoms with Gasteiger partial charge in [0.25, 0.3) is 0 Å². The summed E-state index contributed by atoms with van der Waals surface area (Å²) in [4.78, 5) is 6.86. The Morgan fingerprint density at radius 2 is 2.05 bits per heavy atom. The number of methoxy groups -OCH3 is 1. The summed E-state index contributed by atoms with van der Waals surface area (Å²) >= 11 is 0. The number of guanidine groups is 1. The summed E-state index contributed by atoms with van der Waals surface area (Å²) in [5.74, 6) is 0.854. The Balaban J connectivity index is 0.00000441. The zero-order valence-electron chi connectivity index (χ0n) is 14.9. The predicted molar refractivity (Wildman–Crippen MR) is 105 cm³/mol. The van der Waals surface area contributed by atoms with E-state index in [9.17, 15) is 0 Å². The quantitative estimate of drug-likeness (QED) is 0.284. The van der Waals surface area contributed by atoms with Gasteiger partial charge in [0.1, 0.15) is 0 Å². The van der Waals surface area contributed by atoms with Gasteiger partial charge >= 0.3 is 0 Å². The average molecular weight is 426 g/mol. The molecule has 0 aromatic carbocycles. The smallest absolute Gasteiger partial charge is 0.191 e. The summed E-state index contributed by atoms with van der Waals surface area (Å²) in [5, 5.41) is 6.69. The highest BCUT2D eigenvalue weighted by molar-refractivity contribution is 14.0. The molecule has 1 saturated heterocycles. The lowest BCUT2D eigenvalue weighted by molar-refractivity contribution is 0.0268. The first kappa shape index (κ1) is 21.9. The molecule has 1 aliphatic heterocycles. The van der Waals surface area contributed by atoms with Crippen LogP contribution in [-0.4, -0.2) is 62.8 Å². The molecule has 0 aromatic heterocycles. The highest BCUT2D eigenvalue weighted by Gasteiger charge is 2.18. The van der Waals surface area contributed by atoms with Crippen LogP contribution < -0.4 is 10.6 Å². The average Bonchev–Trinajstić information content (AvgIpc) is 2.48. The Labute approximate surface area is 153 Å². The number of ether oxygens (including phenoxy) is 1. The van der Waals surface area contributed by atoms with Gasteiger partial charge in [-0.2, -0.15) is 0 Å². The van der Waals surface area contributed by atoms with Crippen molar-refractivity contribution in [1.82, 2.24) is 15.5 Å². The lowest BCUT2D eigenvalue weighted by Crippen LogP contribution is -2.46. The van der Waals surface area contributed by atoms with Crippen molar-refractivity contribution in [3.8, 4) is 0 Å². The fraction of sp³-hybridized carbons (Fsp3) is 0.938. The van der Waals surface area contributed by atoms with Crippen LogP contribution in [0.5, 0.6) is 0 Å². The molecule has 1 heterocycles. The molecule has 1 fully saturated rings. The van der Waals surface area contributed by atoms with Crippen LogP contribution >= 0.6 is 24.0 Å². The van der Waals surface area contributed by atoms with Crippen molar-refractivity contribution in [3.63, 3.8) is 0 Å². The molecule has 5 nitrogen and oxygen atoms in total. The van der Waals surface area contributed by atoms with Crippen LogP contribution in [0.1, 0.15) is 46.5 Å². The molecule has 0 bridgehead atoms. The molecular formula is C16H35IN4O. The summed E-state index contributed by atoms with van der Waals surface area (Å²) in [5.41, 5.74) is -0.180. The van der Waals surface area contributed by atoms with Crippen molar-refractivity contribution in [3.05, 3.63) is 0 Å². The van der Waals surface area contributed by atoms with Crippen molar-refractivity contribution >= 4 is 29.9 Å². The largest absolute Gasteiger partial charge is 0.377 e. The van der Waals surface area contributed by atoms with Crippen LogP contribution in [0, 0.1) is 0 Å². The van der Waals surface area contributed by atoms with Crippen LogP contribution in [-0.2, 0) is 4.74 Å². The van der Waals surface area contributed by atoms with Crippen molar-refractivity contribution in [2.24, 2.45) is 4.99 Å². The van der Waals surface area contributed by atoms with Gasteiger partial charge in [0.05, 0.1) is 5.60 Å². The molecule has 0 aliphatic carbocycles. The van der Waals surface area contributed by atoms with Crippen molar-refractivity contribution < 1.29 is 4.74 Å². The summed E-state index contributed by atoms with van der Waals surface area (Å²) in [6.45, 7) is 10.6. The van der Waals surface area contributed by atoms with E-state index in [1.165, 1.54) is 32.4 Å². The topological polar surface area (TPSA) is 48.9 Å². The second kappa shape index (κ2) is 11.5. The number of rotatable bonds is 7. The number of halogens is 1. The Morgan fingerprint density at radius 1 is 1.32 bits per heavy atom. The van der Waals surface area contributed by atoms with E-state index in [4.69, 9.17) is 4.74 Å². The van der Waals surface area contributed by atoms with E-state index in [0.717, 1.165) is 31.5 Å². The molecule has 0 radical (unpaired) electrons. The number of aliphatic imine (C=N–C) groups is 1. The molecule has 1 atom stereocenters. The molecule has 0 saturated carbocycles. The molecule has 0 spiro atoms. The molecule has 132 valence electrons. The predicted octanol–water partition coefficient (Wildman–Crippen LogP) is 2.46. The minimum atomic E-state index is -0.180. The second-order valence-corrected chi connectivity index (χ2v) is 6.55. The minimum Gasteiger partial charge on any atom is -0.377 e. The molecule has 6 heteroatoms. The Bertz CT molecular complexity index is 323. The molecule has 1 unspecified atom stereocenters. The molecule has 0 aromatic rings. The van der Waals surface area contributed by atoms with Gasteiger partial charge in [-0.05, 0) is 46.6 Å². The summed E-state index contributed by atoms with van der Waals surface area (Å²) < 4.78 is 5.40. The maximum Gasteiger partial charge on any atom is 0.191 e. The van der Waals surface area contributed by atoms with Crippen molar-refractivity contribution in [2.45, 2.75) is 58.1 Å². The summed E-state index contributed by atoms with van der Waals surface area (Å²) in [6.07, 6.45) is 5.25. The molecule has 22 heavy (non-hydrogen) atoms. The summed E-state index contributed by atoms with van der Waals surface area (Å²) in [7, 11) is 3.54. The Kier molecular flexibility index (Phi) is 11.4. The molecule has 0 amide bonds. The van der Waals surface area contributed by atoms with Gasteiger partial charge in [0, 0.05) is 39.8 Å². The maximum absolute atomic E-state index is 5.40. The number of hydrogen-bond acceptors (Lipinski definition) is 3. The van der Waals surface area contributed by atoms with E-state index >= 15 is 0 Å². The number of likely N-dealkylation sites (tertiary alicyclic amines) is 1. The maximum atomic E-state index is 5.40. The monoisotopic (exact) mass is 426 g/mol. The number of nitrogens with one attached hydrogen (secondary N) is 2. The lowest BCUT2D eigenvalue weighted by Gasteiger charge is -2.33. The lowest BCUT2D eigenvalue weighted by atomic mass is 10.0. The normalized spacial score (nSPS) is 20.4. The minimum absolute atomic E-state index is 0.